The van der Waals surface area contributed by atoms with E-state index in [1.807, 2.05) is 30.3 Å². The maximum atomic E-state index is 12.5. The number of pyridine rings is 1. The molecule has 1 N–H and O–H groups in total. The van der Waals surface area contributed by atoms with E-state index in [4.69, 9.17) is 4.74 Å². The molecule has 0 saturated heterocycles. The van der Waals surface area contributed by atoms with Gasteiger partial charge >= 0.3 is 5.97 Å². The van der Waals surface area contributed by atoms with Gasteiger partial charge in [0.15, 0.2) is 11.5 Å². The Kier molecular flexibility index (Phi) is 5.35. The van der Waals surface area contributed by atoms with Crippen molar-refractivity contribution in [3.8, 4) is 0 Å². The van der Waals surface area contributed by atoms with Gasteiger partial charge in [-0.1, -0.05) is 42.5 Å². The maximum absolute atomic E-state index is 12.5. The molecule has 0 fully saturated rings. The summed E-state index contributed by atoms with van der Waals surface area (Å²) in [6, 6.07) is 17.6. The van der Waals surface area contributed by atoms with E-state index in [2.05, 4.69) is 4.98 Å². The summed E-state index contributed by atoms with van der Waals surface area (Å²) in [5, 5.41) is 0.487. The molecule has 27 heavy (non-hydrogen) atoms. The number of hydrogen-bond acceptors (Lipinski definition) is 4. The number of aromatic nitrogens is 1. The molecule has 0 aliphatic carbocycles. The van der Waals surface area contributed by atoms with Crippen LogP contribution in [0, 0.1) is 0 Å². The molecular formula is C21H20N2O4. The minimum Gasteiger partial charge on any atom is -0.448 e. The lowest BCUT2D eigenvalue weighted by Crippen LogP contribution is -2.37. The molecule has 0 aliphatic heterocycles. The Bertz CT molecular complexity index is 1030. The quantitative estimate of drug-likeness (QED) is 0.706. The Hall–Kier alpha value is -3.41. The Morgan fingerprint density at radius 2 is 1.74 bits per heavy atom. The molecule has 1 heterocycles. The molecule has 6 heteroatoms. The average Bonchev–Trinajstić information content (AvgIpc) is 2.68. The van der Waals surface area contributed by atoms with Crippen LogP contribution in [0.2, 0.25) is 0 Å². The summed E-state index contributed by atoms with van der Waals surface area (Å²) in [7, 11) is 1.65. The average molecular weight is 364 g/mol. The van der Waals surface area contributed by atoms with Gasteiger partial charge in [-0.25, -0.2) is 4.79 Å². The van der Waals surface area contributed by atoms with Crippen molar-refractivity contribution in [1.82, 2.24) is 9.88 Å². The van der Waals surface area contributed by atoms with Gasteiger partial charge in [0.2, 0.25) is 0 Å². The van der Waals surface area contributed by atoms with E-state index in [1.165, 1.54) is 17.9 Å². The van der Waals surface area contributed by atoms with Crippen LogP contribution < -0.4 is 5.43 Å². The van der Waals surface area contributed by atoms with E-state index in [0.717, 1.165) is 5.56 Å². The highest BCUT2D eigenvalue weighted by atomic mass is 16.5. The van der Waals surface area contributed by atoms with E-state index in [9.17, 15) is 14.4 Å². The first kappa shape index (κ1) is 18.4. The Morgan fingerprint density at radius 1 is 1.07 bits per heavy atom. The van der Waals surface area contributed by atoms with Crippen molar-refractivity contribution >= 4 is 22.8 Å². The maximum Gasteiger partial charge on any atom is 0.355 e. The first-order valence-electron chi connectivity index (χ1n) is 8.57. The first-order valence-corrected chi connectivity index (χ1v) is 8.57. The summed E-state index contributed by atoms with van der Waals surface area (Å²) in [4.78, 5) is 41.4. The van der Waals surface area contributed by atoms with Crippen molar-refractivity contribution in [2.24, 2.45) is 0 Å². The highest BCUT2D eigenvalue weighted by Gasteiger charge is 2.23. The largest absolute Gasteiger partial charge is 0.448 e. The summed E-state index contributed by atoms with van der Waals surface area (Å²) in [6.07, 6.45) is -0.971. The number of nitrogens with zero attached hydrogens (tertiary/aromatic N) is 1. The highest BCUT2D eigenvalue weighted by molar-refractivity contribution is 5.93. The molecule has 0 aliphatic rings. The number of amides is 1. The number of esters is 1. The van der Waals surface area contributed by atoms with Crippen LogP contribution in [-0.4, -0.2) is 34.9 Å². The molecule has 0 saturated carbocycles. The molecule has 1 aromatic heterocycles. The monoisotopic (exact) mass is 364 g/mol. The molecular weight excluding hydrogens is 344 g/mol. The van der Waals surface area contributed by atoms with Crippen LogP contribution >= 0.6 is 0 Å². The van der Waals surface area contributed by atoms with Crippen molar-refractivity contribution in [2.75, 3.05) is 7.05 Å². The van der Waals surface area contributed by atoms with Gasteiger partial charge in [0, 0.05) is 30.6 Å². The summed E-state index contributed by atoms with van der Waals surface area (Å²) < 4.78 is 5.26. The Labute approximate surface area is 156 Å². The van der Waals surface area contributed by atoms with Crippen LogP contribution in [0.1, 0.15) is 23.0 Å². The Balaban J connectivity index is 1.69. The number of rotatable bonds is 5. The first-order chi connectivity index (χ1) is 13.0. The molecule has 1 amide bonds. The molecule has 3 aromatic rings. The molecule has 0 radical (unpaired) electrons. The third-order valence-electron chi connectivity index (χ3n) is 4.23. The second-order valence-electron chi connectivity index (χ2n) is 6.32. The fourth-order valence-corrected chi connectivity index (χ4v) is 2.83. The minimum atomic E-state index is -0.971. The Morgan fingerprint density at radius 3 is 2.48 bits per heavy atom. The van der Waals surface area contributed by atoms with Crippen LogP contribution in [0.4, 0.5) is 0 Å². The van der Waals surface area contributed by atoms with Crippen molar-refractivity contribution < 1.29 is 14.3 Å². The number of aromatic amines is 1. The molecule has 2 aromatic carbocycles. The van der Waals surface area contributed by atoms with E-state index >= 15 is 0 Å². The number of H-pyrrole nitrogens is 1. The molecule has 6 nitrogen and oxygen atoms in total. The molecule has 138 valence electrons. The van der Waals surface area contributed by atoms with Gasteiger partial charge in [-0.05, 0) is 24.6 Å². The van der Waals surface area contributed by atoms with Gasteiger partial charge in [-0.15, -0.1) is 0 Å². The van der Waals surface area contributed by atoms with Gasteiger partial charge in [-0.2, -0.15) is 0 Å². The molecule has 0 unspecified atom stereocenters. The lowest BCUT2D eigenvalue weighted by Gasteiger charge is -2.21. The number of carbonyl (C=O) groups is 2. The second kappa shape index (κ2) is 7.86. The number of carbonyl (C=O) groups excluding carboxylic acids is 2. The lowest BCUT2D eigenvalue weighted by atomic mass is 10.2. The lowest BCUT2D eigenvalue weighted by molar-refractivity contribution is -0.139. The van der Waals surface area contributed by atoms with Crippen molar-refractivity contribution in [2.45, 2.75) is 19.6 Å². The summed E-state index contributed by atoms with van der Waals surface area (Å²) in [5.74, 6) is -1.07. The van der Waals surface area contributed by atoms with Gasteiger partial charge < -0.3 is 14.6 Å². The van der Waals surface area contributed by atoms with E-state index < -0.39 is 12.1 Å². The van der Waals surface area contributed by atoms with Gasteiger partial charge in [0.1, 0.15) is 5.69 Å². The SMILES string of the molecule is C[C@@H](OC(=O)c1cc(=O)c2ccccc2[nH]1)C(=O)N(C)Cc1ccccc1. The molecule has 1 atom stereocenters. The van der Waals surface area contributed by atoms with E-state index in [1.54, 1.807) is 31.3 Å². The predicted molar refractivity (Wildman–Crippen MR) is 102 cm³/mol. The van der Waals surface area contributed by atoms with Gasteiger partial charge in [0.05, 0.1) is 0 Å². The zero-order valence-electron chi connectivity index (χ0n) is 15.1. The van der Waals surface area contributed by atoms with Crippen LogP contribution in [0.3, 0.4) is 0 Å². The van der Waals surface area contributed by atoms with Crippen LogP contribution in [0.15, 0.2) is 65.5 Å². The predicted octanol–water partition coefficient (Wildman–Crippen LogP) is 2.73. The zero-order valence-corrected chi connectivity index (χ0v) is 15.1. The zero-order chi connectivity index (χ0) is 19.4. The highest BCUT2D eigenvalue weighted by Crippen LogP contribution is 2.10. The van der Waals surface area contributed by atoms with E-state index in [0.29, 0.717) is 17.4 Å². The third kappa shape index (κ3) is 4.23. The summed E-state index contributed by atoms with van der Waals surface area (Å²) >= 11 is 0. The number of likely N-dealkylation sites (N-methyl/N-ethyl adjacent to an activating group) is 1. The second-order valence-corrected chi connectivity index (χ2v) is 6.32. The molecule has 3 rings (SSSR count). The number of para-hydroxylation sites is 1. The third-order valence-corrected chi connectivity index (χ3v) is 4.23. The van der Waals surface area contributed by atoms with E-state index in [-0.39, 0.29) is 17.0 Å². The van der Waals surface area contributed by atoms with Crippen molar-refractivity contribution in [1.29, 1.82) is 0 Å². The van der Waals surface area contributed by atoms with Gasteiger partial charge in [0.25, 0.3) is 5.91 Å². The fraction of sp³-hybridized carbons (Fsp3) is 0.190. The standard InChI is InChI=1S/C21H20N2O4/c1-14(20(25)23(2)13-15-8-4-3-5-9-15)27-21(26)18-12-19(24)16-10-6-7-11-17(16)22-18/h3-12,14H,13H2,1-2H3,(H,22,24)/t14-/m1/s1. The molecule has 0 spiro atoms. The van der Waals surface area contributed by atoms with Crippen LogP contribution in [0.5, 0.6) is 0 Å². The van der Waals surface area contributed by atoms with Crippen LogP contribution in [-0.2, 0) is 16.1 Å². The smallest absolute Gasteiger partial charge is 0.355 e. The number of nitrogens with one attached hydrogen (secondary N) is 1. The van der Waals surface area contributed by atoms with Crippen molar-refractivity contribution in [3.63, 3.8) is 0 Å². The topological polar surface area (TPSA) is 79.5 Å². The van der Waals surface area contributed by atoms with Crippen molar-refractivity contribution in [3.05, 3.63) is 82.1 Å². The van der Waals surface area contributed by atoms with Gasteiger partial charge in [-0.3, -0.25) is 9.59 Å². The fourth-order valence-electron chi connectivity index (χ4n) is 2.83. The molecule has 0 bridgehead atoms. The van der Waals surface area contributed by atoms with Crippen LogP contribution in [0.25, 0.3) is 10.9 Å². The minimum absolute atomic E-state index is 0.0177. The number of hydrogen-bond donors (Lipinski definition) is 1. The summed E-state index contributed by atoms with van der Waals surface area (Å²) in [6.45, 7) is 1.93. The number of benzene rings is 2. The normalized spacial score (nSPS) is 11.8. The summed E-state index contributed by atoms with van der Waals surface area (Å²) in [5.41, 5.74) is 1.25. The number of fused-ring (bicyclic) bond motifs is 1. The number of ether oxygens (including phenoxy) is 1.